The van der Waals surface area contributed by atoms with Crippen LogP contribution in [0.15, 0.2) is 21.8 Å². The topological polar surface area (TPSA) is 69.8 Å². The van der Waals surface area contributed by atoms with Gasteiger partial charge in [0.1, 0.15) is 5.76 Å². The number of nitrogens with zero attached hydrogens (tertiary/aromatic N) is 5. The highest BCUT2D eigenvalue weighted by Crippen LogP contribution is 2.13. The van der Waals surface area contributed by atoms with E-state index in [4.69, 9.17) is 4.52 Å². The van der Waals surface area contributed by atoms with Crippen molar-refractivity contribution in [3.05, 3.63) is 33.6 Å². The fourth-order valence-corrected chi connectivity index (χ4v) is 3.94. The van der Waals surface area contributed by atoms with Gasteiger partial charge in [-0.2, -0.15) is 0 Å². The zero-order chi connectivity index (χ0) is 18.4. The molecule has 0 spiro atoms. The van der Waals surface area contributed by atoms with E-state index in [9.17, 15) is 0 Å². The number of aryl methyl sites for hydroxylation is 2. The third-order valence-electron chi connectivity index (χ3n) is 4.52. The van der Waals surface area contributed by atoms with Crippen LogP contribution in [0, 0.1) is 6.92 Å². The Hall–Kier alpha value is -1.20. The number of thiazole rings is 1. The zero-order valence-corrected chi connectivity index (χ0v) is 19.4. The minimum absolute atomic E-state index is 0. The molecule has 0 unspecified atom stereocenters. The normalized spacial score (nSPS) is 15.7. The first-order chi connectivity index (χ1) is 12.7. The van der Waals surface area contributed by atoms with E-state index >= 15 is 0 Å². The lowest BCUT2D eigenvalue weighted by atomic mass is 10.3. The molecular weight excluding hydrogens is 475 g/mol. The minimum Gasteiger partial charge on any atom is -0.361 e. The van der Waals surface area contributed by atoms with Crippen molar-refractivity contribution >= 4 is 41.3 Å². The van der Waals surface area contributed by atoms with E-state index in [2.05, 4.69) is 37.2 Å². The van der Waals surface area contributed by atoms with Gasteiger partial charge >= 0.3 is 0 Å². The number of hydrogen-bond donors (Lipinski definition) is 1. The maximum atomic E-state index is 5.15. The second-order valence-electron chi connectivity index (χ2n) is 6.49. The Morgan fingerprint density at radius 1 is 1.33 bits per heavy atom. The van der Waals surface area contributed by atoms with Crippen molar-refractivity contribution in [3.8, 4) is 0 Å². The fourth-order valence-electron chi connectivity index (χ4n) is 3.08. The Morgan fingerprint density at radius 2 is 2.11 bits per heavy atom. The number of aliphatic imine (C=N–C) groups is 1. The molecule has 2 aromatic heterocycles. The summed E-state index contributed by atoms with van der Waals surface area (Å²) in [4.78, 5) is 15.0. The largest absolute Gasteiger partial charge is 0.361 e. The van der Waals surface area contributed by atoms with Crippen LogP contribution in [0.4, 0.5) is 0 Å². The summed E-state index contributed by atoms with van der Waals surface area (Å²) >= 11 is 1.81. The first kappa shape index (κ1) is 22.1. The highest BCUT2D eigenvalue weighted by Gasteiger charge is 2.20. The lowest BCUT2D eigenvalue weighted by Gasteiger charge is -2.36. The standard InChI is InChI=1S/C18H28N6OS.HI/c1-4-16-12-21-17(26-16)5-6-20-18(19-3)24-9-7-23(8-10-24)13-15-11-14(2)25-22-15;/h11-12H,4-10,13H2,1-3H3,(H,19,20);1H. The zero-order valence-electron chi connectivity index (χ0n) is 16.3. The van der Waals surface area contributed by atoms with Gasteiger partial charge in [0.25, 0.3) is 0 Å². The highest BCUT2D eigenvalue weighted by molar-refractivity contribution is 14.0. The molecule has 1 aliphatic heterocycles. The molecule has 1 saturated heterocycles. The van der Waals surface area contributed by atoms with Gasteiger partial charge in [0, 0.05) is 69.9 Å². The number of piperazine rings is 1. The van der Waals surface area contributed by atoms with Gasteiger partial charge in [-0.15, -0.1) is 35.3 Å². The summed E-state index contributed by atoms with van der Waals surface area (Å²) < 4.78 is 5.15. The van der Waals surface area contributed by atoms with Crippen LogP contribution in [0.1, 0.15) is 28.3 Å². The summed E-state index contributed by atoms with van der Waals surface area (Å²) in [5.41, 5.74) is 1.01. The van der Waals surface area contributed by atoms with Gasteiger partial charge < -0.3 is 14.7 Å². The van der Waals surface area contributed by atoms with Gasteiger partial charge in [0.2, 0.25) is 0 Å². The Kier molecular flexibility index (Phi) is 8.97. The molecule has 0 radical (unpaired) electrons. The summed E-state index contributed by atoms with van der Waals surface area (Å²) in [5, 5.41) is 8.76. The Balaban J connectivity index is 0.00000261. The van der Waals surface area contributed by atoms with Crippen molar-refractivity contribution in [1.29, 1.82) is 0 Å². The van der Waals surface area contributed by atoms with E-state index in [0.29, 0.717) is 0 Å². The smallest absolute Gasteiger partial charge is 0.193 e. The van der Waals surface area contributed by atoms with Gasteiger partial charge in [-0.1, -0.05) is 12.1 Å². The number of halogens is 1. The number of nitrogens with one attached hydrogen (secondary N) is 1. The predicted octanol–water partition coefficient (Wildman–Crippen LogP) is 2.56. The molecule has 0 amide bonds. The van der Waals surface area contributed by atoms with E-state index in [0.717, 1.165) is 69.5 Å². The van der Waals surface area contributed by atoms with Gasteiger partial charge in [0.05, 0.1) is 10.7 Å². The molecule has 1 fully saturated rings. The van der Waals surface area contributed by atoms with Crippen molar-refractivity contribution in [2.24, 2.45) is 4.99 Å². The van der Waals surface area contributed by atoms with Gasteiger partial charge in [-0.25, -0.2) is 4.98 Å². The molecule has 9 heteroatoms. The molecule has 0 aliphatic carbocycles. The molecule has 1 N–H and O–H groups in total. The molecule has 0 atom stereocenters. The Labute approximate surface area is 182 Å². The molecule has 7 nitrogen and oxygen atoms in total. The van der Waals surface area contributed by atoms with Crippen molar-refractivity contribution in [2.45, 2.75) is 33.2 Å². The average molecular weight is 504 g/mol. The first-order valence-corrected chi connectivity index (χ1v) is 10.0. The SMILES string of the molecule is CCc1cnc(CCNC(=NC)N2CCN(Cc3cc(C)on3)CC2)s1.I. The van der Waals surface area contributed by atoms with E-state index < -0.39 is 0 Å². The van der Waals surface area contributed by atoms with Crippen LogP contribution < -0.4 is 5.32 Å². The number of hydrogen-bond acceptors (Lipinski definition) is 6. The van der Waals surface area contributed by atoms with E-state index in [1.165, 1.54) is 9.88 Å². The molecule has 1 aliphatic rings. The molecule has 2 aromatic rings. The second-order valence-corrected chi connectivity index (χ2v) is 7.69. The number of guanidine groups is 1. The van der Waals surface area contributed by atoms with Crippen LogP contribution in [0.3, 0.4) is 0 Å². The summed E-state index contributed by atoms with van der Waals surface area (Å²) in [6.07, 6.45) is 3.99. The van der Waals surface area contributed by atoms with Crippen LogP contribution in [0.5, 0.6) is 0 Å². The van der Waals surface area contributed by atoms with Crippen molar-refractivity contribution in [3.63, 3.8) is 0 Å². The average Bonchev–Trinajstić information content (AvgIpc) is 3.28. The van der Waals surface area contributed by atoms with Crippen LogP contribution in [-0.2, 0) is 19.4 Å². The third-order valence-corrected chi connectivity index (χ3v) is 5.72. The summed E-state index contributed by atoms with van der Waals surface area (Å²) in [6, 6.07) is 2.01. The molecule has 27 heavy (non-hydrogen) atoms. The monoisotopic (exact) mass is 504 g/mol. The second kappa shape index (κ2) is 11.0. The van der Waals surface area contributed by atoms with Gasteiger partial charge in [-0.3, -0.25) is 9.89 Å². The quantitative estimate of drug-likeness (QED) is 0.371. The van der Waals surface area contributed by atoms with Crippen LogP contribution in [0.25, 0.3) is 0 Å². The molecule has 0 bridgehead atoms. The summed E-state index contributed by atoms with van der Waals surface area (Å²) in [5.74, 6) is 1.85. The highest BCUT2D eigenvalue weighted by atomic mass is 127. The van der Waals surface area contributed by atoms with E-state index in [-0.39, 0.29) is 24.0 Å². The predicted molar refractivity (Wildman–Crippen MR) is 120 cm³/mol. The van der Waals surface area contributed by atoms with Crippen molar-refractivity contribution in [1.82, 2.24) is 25.3 Å². The van der Waals surface area contributed by atoms with Gasteiger partial charge in [-0.05, 0) is 13.3 Å². The van der Waals surface area contributed by atoms with Crippen LogP contribution in [0.2, 0.25) is 0 Å². The lowest BCUT2D eigenvalue weighted by molar-refractivity contribution is 0.169. The molecule has 3 rings (SSSR count). The maximum Gasteiger partial charge on any atom is 0.193 e. The van der Waals surface area contributed by atoms with Crippen LogP contribution in [-0.4, -0.2) is 65.7 Å². The number of aromatic nitrogens is 2. The molecule has 0 saturated carbocycles. The first-order valence-electron chi connectivity index (χ1n) is 9.21. The summed E-state index contributed by atoms with van der Waals surface area (Å²) in [7, 11) is 1.85. The van der Waals surface area contributed by atoms with Gasteiger partial charge in [0.15, 0.2) is 5.96 Å². The minimum atomic E-state index is 0. The third kappa shape index (κ3) is 6.42. The maximum absolute atomic E-state index is 5.15. The molecule has 0 aromatic carbocycles. The van der Waals surface area contributed by atoms with E-state index in [1.54, 1.807) is 11.3 Å². The Morgan fingerprint density at radius 3 is 2.70 bits per heavy atom. The van der Waals surface area contributed by atoms with E-state index in [1.807, 2.05) is 26.2 Å². The molecular formula is C18H29IN6OS. The molecule has 150 valence electrons. The lowest BCUT2D eigenvalue weighted by Crippen LogP contribution is -2.52. The molecule has 3 heterocycles. The number of rotatable bonds is 6. The summed E-state index contributed by atoms with van der Waals surface area (Å²) in [6.45, 7) is 9.74. The van der Waals surface area contributed by atoms with Crippen molar-refractivity contribution in [2.75, 3.05) is 39.8 Å². The fraction of sp³-hybridized carbons (Fsp3) is 0.611. The van der Waals surface area contributed by atoms with Crippen molar-refractivity contribution < 1.29 is 4.52 Å². The Bertz CT molecular complexity index is 723. The van der Waals surface area contributed by atoms with Crippen LogP contribution >= 0.6 is 35.3 Å².